The molecule has 4 atom stereocenters. The smallest absolute Gasteiger partial charge is 0.269 e. The first-order valence-corrected chi connectivity index (χ1v) is 29.5. The Hall–Kier alpha value is -3.85. The molecule has 4 aromatic rings. The Morgan fingerprint density at radius 3 is 1.93 bits per heavy atom. The average Bonchev–Trinajstić information content (AvgIpc) is 3.70. The van der Waals surface area contributed by atoms with E-state index in [1.165, 1.54) is 12.1 Å². The molecular weight excluding hydrogens is 813 g/mol. The lowest BCUT2D eigenvalue weighted by molar-refractivity contribution is -0.384. The standard InChI is InChI=1S/C43H66N6O8Si3/c1-41(2,3)58(10,11)54-27-32-34(56-59(12,13)42(4,5)6)35(57-60(14,15)43(7,8)9)39(55-32)48-28-44-33-36(48)45-40(46-37(50)30-19-17-16-18-20-30)47-38(33)53-26-25-29-21-23-31(24-22-29)49(51)52/h16-24,28,32,34-35,39H,25-27H2,1-15H3,(H,45,46,47,50)/t32-,34-,35-,39-/m1/s1. The van der Waals surface area contributed by atoms with Gasteiger partial charge in [-0.3, -0.25) is 24.8 Å². The number of aromatic nitrogens is 4. The van der Waals surface area contributed by atoms with Crippen LogP contribution in [0.25, 0.3) is 11.2 Å². The first-order valence-electron chi connectivity index (χ1n) is 20.7. The Labute approximate surface area is 358 Å². The topological polar surface area (TPSA) is 162 Å². The predicted octanol–water partition coefficient (Wildman–Crippen LogP) is 10.3. The van der Waals surface area contributed by atoms with Crippen LogP contribution < -0.4 is 10.1 Å². The van der Waals surface area contributed by atoms with Crippen molar-refractivity contribution in [1.82, 2.24) is 19.5 Å². The maximum Gasteiger partial charge on any atom is 0.269 e. The fraction of sp³-hybridized carbons (Fsp3) is 0.581. The third kappa shape index (κ3) is 10.6. The maximum atomic E-state index is 13.5. The normalized spacial score (nSPS) is 19.4. The molecule has 2 aromatic heterocycles. The molecule has 0 saturated carbocycles. The molecule has 5 rings (SSSR count). The quantitative estimate of drug-likeness (QED) is 0.0687. The third-order valence-electron chi connectivity index (χ3n) is 12.9. The van der Waals surface area contributed by atoms with E-state index in [0.717, 1.165) is 5.56 Å². The summed E-state index contributed by atoms with van der Waals surface area (Å²) < 4.78 is 36.9. The molecule has 1 fully saturated rings. The number of fused-ring (bicyclic) bond motifs is 1. The van der Waals surface area contributed by atoms with Crippen molar-refractivity contribution >= 4 is 53.7 Å². The van der Waals surface area contributed by atoms with Crippen molar-refractivity contribution in [3.63, 3.8) is 0 Å². The first-order chi connectivity index (χ1) is 27.6. The van der Waals surface area contributed by atoms with Crippen LogP contribution in [0.5, 0.6) is 5.88 Å². The Bertz CT molecular complexity index is 2130. The van der Waals surface area contributed by atoms with E-state index in [4.69, 9.17) is 32.7 Å². The lowest BCUT2D eigenvalue weighted by Crippen LogP contribution is -2.54. The zero-order valence-electron chi connectivity index (χ0n) is 38.2. The van der Waals surface area contributed by atoms with Crippen molar-refractivity contribution in [3.05, 3.63) is 82.2 Å². The number of amides is 1. The number of non-ortho nitro benzene ring substituents is 1. The number of nitrogens with zero attached hydrogens (tertiary/aromatic N) is 5. The summed E-state index contributed by atoms with van der Waals surface area (Å²) in [5, 5.41) is 13.8. The summed E-state index contributed by atoms with van der Waals surface area (Å²) in [6.07, 6.45) is -0.183. The highest BCUT2D eigenvalue weighted by molar-refractivity contribution is 6.75. The highest BCUT2D eigenvalue weighted by atomic mass is 28.4. The Kier molecular flexibility index (Phi) is 13.8. The van der Waals surface area contributed by atoms with E-state index in [1.54, 1.807) is 42.7 Å². The van der Waals surface area contributed by atoms with Gasteiger partial charge in [0.1, 0.15) is 18.3 Å². The molecule has 1 amide bonds. The Morgan fingerprint density at radius 2 is 1.38 bits per heavy atom. The molecule has 328 valence electrons. The summed E-state index contributed by atoms with van der Waals surface area (Å²) in [6.45, 7) is 33.9. The Morgan fingerprint density at radius 1 is 0.817 bits per heavy atom. The summed E-state index contributed by atoms with van der Waals surface area (Å²) in [7, 11) is -7.11. The zero-order chi connectivity index (χ0) is 44.6. The van der Waals surface area contributed by atoms with Gasteiger partial charge in [-0.25, -0.2) is 4.98 Å². The molecule has 1 N–H and O–H groups in total. The second-order valence-electron chi connectivity index (χ2n) is 20.3. The molecule has 1 saturated heterocycles. The number of benzene rings is 2. The van der Waals surface area contributed by atoms with Crippen LogP contribution in [0.15, 0.2) is 60.9 Å². The highest BCUT2D eigenvalue weighted by Crippen LogP contribution is 2.47. The number of carbonyl (C=O) groups excluding carboxylic acids is 1. The number of nitro groups is 1. The van der Waals surface area contributed by atoms with Gasteiger partial charge in [0.05, 0.1) is 24.5 Å². The van der Waals surface area contributed by atoms with E-state index in [0.29, 0.717) is 29.8 Å². The number of anilines is 1. The minimum Gasteiger partial charge on any atom is -0.476 e. The number of rotatable bonds is 15. The highest BCUT2D eigenvalue weighted by Gasteiger charge is 2.55. The van der Waals surface area contributed by atoms with Crippen LogP contribution in [0.1, 0.15) is 84.5 Å². The van der Waals surface area contributed by atoms with Gasteiger partial charge in [0, 0.05) is 24.1 Å². The molecule has 0 spiro atoms. The summed E-state index contributed by atoms with van der Waals surface area (Å²) in [5.41, 5.74) is 2.04. The minimum absolute atomic E-state index is 0.0113. The van der Waals surface area contributed by atoms with Crippen molar-refractivity contribution in [1.29, 1.82) is 0 Å². The first kappa shape index (κ1) is 47.2. The molecule has 17 heteroatoms. The van der Waals surface area contributed by atoms with Crippen molar-refractivity contribution < 1.29 is 32.5 Å². The molecule has 0 radical (unpaired) electrons. The summed E-state index contributed by atoms with van der Waals surface area (Å²) in [4.78, 5) is 38.6. The van der Waals surface area contributed by atoms with Crippen LogP contribution in [0.3, 0.4) is 0 Å². The van der Waals surface area contributed by atoms with Crippen LogP contribution >= 0.6 is 0 Å². The van der Waals surface area contributed by atoms with Crippen molar-refractivity contribution in [3.8, 4) is 5.88 Å². The van der Waals surface area contributed by atoms with Gasteiger partial charge < -0.3 is 22.8 Å². The molecule has 1 aliphatic rings. The van der Waals surface area contributed by atoms with Gasteiger partial charge in [0.15, 0.2) is 42.3 Å². The molecule has 60 heavy (non-hydrogen) atoms. The van der Waals surface area contributed by atoms with Gasteiger partial charge in [-0.2, -0.15) is 9.97 Å². The van der Waals surface area contributed by atoms with Gasteiger partial charge in [-0.05, 0) is 72.1 Å². The van der Waals surface area contributed by atoms with Crippen molar-refractivity contribution in [2.45, 2.75) is 148 Å². The SMILES string of the molecule is CC(C)(C)[Si](C)(C)OC[C@H]1O[C@@H](n2cnc3c(OCCc4ccc([N+](=O)[O-])cc4)nc(NC(=O)c4ccccc4)nc32)[C@H](O[Si](C)(C)C(C)(C)C)[C@@H]1O[Si](C)(C)C(C)(C)C. The zero-order valence-corrected chi connectivity index (χ0v) is 41.2. The Balaban J connectivity index is 1.62. The van der Waals surface area contributed by atoms with Crippen LogP contribution in [0.2, 0.25) is 54.4 Å². The maximum absolute atomic E-state index is 13.5. The largest absolute Gasteiger partial charge is 0.476 e. The van der Waals surface area contributed by atoms with E-state index in [2.05, 4.69) is 112 Å². The summed E-state index contributed by atoms with van der Waals surface area (Å²) >= 11 is 0. The van der Waals surface area contributed by atoms with Gasteiger partial charge in [-0.15, -0.1) is 0 Å². The number of nitrogens with one attached hydrogen (secondary N) is 1. The van der Waals surface area contributed by atoms with E-state index >= 15 is 0 Å². The van der Waals surface area contributed by atoms with Gasteiger partial charge >= 0.3 is 0 Å². The molecule has 1 aliphatic heterocycles. The van der Waals surface area contributed by atoms with Gasteiger partial charge in [0.25, 0.3) is 11.6 Å². The number of carbonyl (C=O) groups is 1. The molecule has 0 bridgehead atoms. The fourth-order valence-electron chi connectivity index (χ4n) is 5.92. The second-order valence-corrected chi connectivity index (χ2v) is 34.7. The molecular formula is C43H66N6O8Si3. The minimum atomic E-state index is -2.48. The summed E-state index contributed by atoms with van der Waals surface area (Å²) in [6, 6.07) is 15.2. The second kappa shape index (κ2) is 17.5. The third-order valence-corrected chi connectivity index (χ3v) is 26.3. The molecule has 3 heterocycles. The number of ether oxygens (including phenoxy) is 2. The lowest BCUT2D eigenvalue weighted by atomic mass is 10.1. The molecule has 2 aromatic carbocycles. The average molecular weight is 879 g/mol. The van der Waals surface area contributed by atoms with Gasteiger partial charge in [0.2, 0.25) is 11.8 Å². The van der Waals surface area contributed by atoms with Crippen LogP contribution in [-0.4, -0.2) is 86.8 Å². The van der Waals surface area contributed by atoms with E-state index in [1.807, 2.05) is 10.6 Å². The van der Waals surface area contributed by atoms with E-state index in [-0.39, 0.29) is 45.1 Å². The fourth-order valence-corrected chi connectivity index (χ4v) is 9.54. The number of hydrogen-bond donors (Lipinski definition) is 1. The van der Waals surface area contributed by atoms with E-state index < -0.39 is 54.4 Å². The van der Waals surface area contributed by atoms with Gasteiger partial charge in [-0.1, -0.05) is 92.6 Å². The molecule has 14 nitrogen and oxygen atoms in total. The van der Waals surface area contributed by atoms with E-state index in [9.17, 15) is 14.9 Å². The number of hydrogen-bond acceptors (Lipinski definition) is 11. The number of imidazole rings is 1. The van der Waals surface area contributed by atoms with Crippen molar-refractivity contribution in [2.24, 2.45) is 0 Å². The molecule has 0 unspecified atom stereocenters. The predicted molar refractivity (Wildman–Crippen MR) is 243 cm³/mol. The molecule has 0 aliphatic carbocycles. The van der Waals surface area contributed by atoms with Crippen LogP contribution in [0, 0.1) is 10.1 Å². The number of nitro benzene ring substituents is 1. The van der Waals surface area contributed by atoms with Crippen molar-refractivity contribution in [2.75, 3.05) is 18.5 Å². The summed E-state index contributed by atoms with van der Waals surface area (Å²) in [5.74, 6) is -0.203. The lowest BCUT2D eigenvalue weighted by Gasteiger charge is -2.44. The monoisotopic (exact) mass is 878 g/mol. The van der Waals surface area contributed by atoms with Crippen LogP contribution in [-0.2, 0) is 24.4 Å². The van der Waals surface area contributed by atoms with Crippen LogP contribution in [0.4, 0.5) is 11.6 Å².